The van der Waals surface area contributed by atoms with Crippen molar-refractivity contribution in [2.45, 2.75) is 0 Å². The van der Waals surface area contributed by atoms with E-state index in [1.807, 2.05) is 0 Å². The Hall–Kier alpha value is -0.251. The summed E-state index contributed by atoms with van der Waals surface area (Å²) in [7, 11) is 0. The van der Waals surface area contributed by atoms with Crippen LogP contribution < -0.4 is 0 Å². The molecule has 0 atom stereocenters. The van der Waals surface area contributed by atoms with Gasteiger partial charge in [0.2, 0.25) is 0 Å². The Balaban J connectivity index is -0.00000000625. The van der Waals surface area contributed by atoms with Crippen LogP contribution in [0.25, 0.3) is 12.3 Å². The zero-order valence-corrected chi connectivity index (χ0v) is 5.61. The molecular formula is C3H7CuF3N2O-4. The number of hydrogen-bond donors (Lipinski definition) is 0. The van der Waals surface area contributed by atoms with Gasteiger partial charge in [0.15, 0.2) is 6.68 Å². The molecule has 0 spiro atoms. The van der Waals surface area contributed by atoms with Crippen LogP contribution in [0.4, 0.5) is 13.2 Å². The molecule has 0 fully saturated rings. The van der Waals surface area contributed by atoms with Crippen LogP contribution in [0.2, 0.25) is 0 Å². The van der Waals surface area contributed by atoms with Crippen LogP contribution in [-0.4, -0.2) is 5.48 Å². The second kappa shape index (κ2) is 69.5. The van der Waals surface area contributed by atoms with Crippen molar-refractivity contribution in [2.24, 2.45) is 0 Å². The van der Waals surface area contributed by atoms with E-state index in [1.165, 1.54) is 0 Å². The molecule has 0 aliphatic heterocycles. The molecule has 0 bridgehead atoms. The Morgan fingerprint density at radius 2 is 1.00 bits per heavy atom. The van der Waals surface area contributed by atoms with Gasteiger partial charge in [-0.05, 0) is 0 Å². The number of hydrogen-bond acceptors (Lipinski definition) is 0. The zero-order chi connectivity index (χ0) is 5.58. The number of nitrogens with two attached hydrogens (primary N) is 2. The SMILES string of the molecule is F[C-](F)F.O.[C-]#C.[Cu].[NH2-].[NH2-]. The molecule has 0 aromatic carbocycles. The van der Waals surface area contributed by atoms with E-state index in [2.05, 4.69) is 6.42 Å². The van der Waals surface area contributed by atoms with Crippen LogP contribution in [0, 0.1) is 19.5 Å². The van der Waals surface area contributed by atoms with Gasteiger partial charge in [-0.1, -0.05) is 0 Å². The molecule has 0 amide bonds. The molecule has 0 rings (SSSR count). The minimum atomic E-state index is -3.08. The fraction of sp³-hybridized carbons (Fsp3) is 0. The van der Waals surface area contributed by atoms with Crippen molar-refractivity contribution < 1.29 is 35.7 Å². The van der Waals surface area contributed by atoms with Gasteiger partial charge in [0, 0.05) is 17.1 Å². The summed E-state index contributed by atoms with van der Waals surface area (Å²) < 4.78 is 28.8. The molecule has 1 radical (unpaired) electrons. The maximum Gasteiger partial charge on any atom is 0.154 e. The van der Waals surface area contributed by atoms with E-state index in [-0.39, 0.29) is 34.8 Å². The van der Waals surface area contributed by atoms with Crippen molar-refractivity contribution in [3.8, 4) is 6.42 Å². The molecule has 0 saturated carbocycles. The Bertz CT molecular complexity index is 43.2. The third-order valence-electron chi connectivity index (χ3n) is 0. The Morgan fingerprint density at radius 3 is 1.00 bits per heavy atom. The van der Waals surface area contributed by atoms with Crippen LogP contribution in [0.5, 0.6) is 0 Å². The van der Waals surface area contributed by atoms with Crippen LogP contribution in [-0.2, 0) is 17.1 Å². The Labute approximate surface area is 68.3 Å². The topological polar surface area (TPSA) is 98.5 Å². The summed E-state index contributed by atoms with van der Waals surface area (Å²) in [4.78, 5) is 0. The summed E-state index contributed by atoms with van der Waals surface area (Å²) in [6.07, 6.45) is 9.00. The van der Waals surface area contributed by atoms with Crippen LogP contribution >= 0.6 is 0 Å². The maximum absolute atomic E-state index is 9.58. The molecule has 0 aromatic rings. The van der Waals surface area contributed by atoms with Crippen molar-refractivity contribution in [3.05, 3.63) is 25.4 Å². The fourth-order valence-electron chi connectivity index (χ4n) is 0. The zero-order valence-electron chi connectivity index (χ0n) is 4.67. The molecule has 0 aliphatic carbocycles. The monoisotopic (exact) mass is 207 g/mol. The van der Waals surface area contributed by atoms with Crippen molar-refractivity contribution in [3.63, 3.8) is 0 Å². The van der Waals surface area contributed by atoms with Gasteiger partial charge in [-0.25, -0.2) is 0 Å². The minimum Gasteiger partial charge on any atom is -0.697 e. The van der Waals surface area contributed by atoms with Crippen LogP contribution in [0.1, 0.15) is 0 Å². The van der Waals surface area contributed by atoms with Gasteiger partial charge in [-0.2, -0.15) is 0 Å². The average Bonchev–Trinajstić information content (AvgIpc) is 1.41. The van der Waals surface area contributed by atoms with E-state index in [0.717, 1.165) is 0 Å². The van der Waals surface area contributed by atoms with Gasteiger partial charge in [-0.3, -0.25) is 0 Å². The largest absolute Gasteiger partial charge is 0.697 e. The minimum absolute atomic E-state index is 0. The third kappa shape index (κ3) is 5630. The number of rotatable bonds is 0. The van der Waals surface area contributed by atoms with E-state index < -0.39 is 6.68 Å². The van der Waals surface area contributed by atoms with Gasteiger partial charge < -0.3 is 43.8 Å². The van der Waals surface area contributed by atoms with Crippen molar-refractivity contribution in [1.29, 1.82) is 0 Å². The molecule has 0 saturated heterocycles. The summed E-state index contributed by atoms with van der Waals surface area (Å²) in [5.74, 6) is 0. The molecular weight excluding hydrogens is 201 g/mol. The summed E-state index contributed by atoms with van der Waals surface area (Å²) in [5.41, 5.74) is 0. The van der Waals surface area contributed by atoms with Gasteiger partial charge in [0.25, 0.3) is 0 Å². The predicted molar refractivity (Wildman–Crippen MR) is 28.9 cm³/mol. The van der Waals surface area contributed by atoms with E-state index in [4.69, 9.17) is 6.42 Å². The van der Waals surface area contributed by atoms with Crippen molar-refractivity contribution in [2.75, 3.05) is 0 Å². The van der Waals surface area contributed by atoms with E-state index in [9.17, 15) is 13.2 Å². The second-order valence-electron chi connectivity index (χ2n) is 0.214. The number of halogens is 3. The van der Waals surface area contributed by atoms with Gasteiger partial charge >= 0.3 is 0 Å². The standard InChI is InChI=1S/C2H.CF3.Cu.2H2N.H2O/c1-2;2-1(3)4;;;;/h1H;;;3*1H2/q2*-1;;2*-1;. The molecule has 7 heteroatoms. The summed E-state index contributed by atoms with van der Waals surface area (Å²) in [6, 6.07) is 0. The second-order valence-corrected chi connectivity index (χ2v) is 0.214. The smallest absolute Gasteiger partial charge is 0.154 e. The van der Waals surface area contributed by atoms with E-state index in [1.54, 1.807) is 0 Å². The molecule has 0 aromatic heterocycles. The first kappa shape index (κ1) is 53.1. The van der Waals surface area contributed by atoms with E-state index >= 15 is 0 Å². The van der Waals surface area contributed by atoms with E-state index in [0.29, 0.717) is 0 Å². The molecule has 6 N–H and O–H groups in total. The fourth-order valence-corrected chi connectivity index (χ4v) is 0. The summed E-state index contributed by atoms with van der Waals surface area (Å²) >= 11 is 0. The Kier molecular flexibility index (Phi) is 369. The van der Waals surface area contributed by atoms with Gasteiger partial charge in [-0.15, -0.1) is 0 Å². The van der Waals surface area contributed by atoms with Crippen molar-refractivity contribution in [1.82, 2.24) is 0 Å². The van der Waals surface area contributed by atoms with Crippen LogP contribution in [0.15, 0.2) is 0 Å². The van der Waals surface area contributed by atoms with Gasteiger partial charge in [0.1, 0.15) is 0 Å². The molecule has 0 heterocycles. The first-order valence-electron chi connectivity index (χ1n) is 0.856. The first-order chi connectivity index (χ1) is 2.73. The summed E-state index contributed by atoms with van der Waals surface area (Å²) in [6.45, 7) is -3.08. The molecule has 0 unspecified atom stereocenters. The first-order valence-corrected chi connectivity index (χ1v) is 0.856. The average molecular weight is 208 g/mol. The summed E-state index contributed by atoms with van der Waals surface area (Å²) in [5, 5.41) is 0. The maximum atomic E-state index is 9.58. The predicted octanol–water partition coefficient (Wildman–Crippen LogP) is 2.15. The molecule has 0 aliphatic rings. The van der Waals surface area contributed by atoms with Gasteiger partial charge in [0.05, 0.1) is 0 Å². The van der Waals surface area contributed by atoms with Crippen molar-refractivity contribution >= 4 is 0 Å². The molecule has 71 valence electrons. The third-order valence-corrected chi connectivity index (χ3v) is 0. The van der Waals surface area contributed by atoms with Crippen LogP contribution in [0.3, 0.4) is 0 Å². The number of terminal acetylenes is 1. The molecule has 3 nitrogen and oxygen atoms in total. The Morgan fingerprint density at radius 1 is 1.00 bits per heavy atom. The molecule has 10 heavy (non-hydrogen) atoms. The normalized spacial score (nSPS) is 3.80. The quantitative estimate of drug-likeness (QED) is 0.330.